The van der Waals surface area contributed by atoms with E-state index >= 15 is 0 Å². The molecule has 1 saturated carbocycles. The number of fused-ring (bicyclic) bond motifs is 1. The highest BCUT2D eigenvalue weighted by atomic mass is 16.5. The zero-order valence-corrected chi connectivity index (χ0v) is 13.6. The van der Waals surface area contributed by atoms with Gasteiger partial charge in [0.15, 0.2) is 0 Å². The van der Waals surface area contributed by atoms with Gasteiger partial charge in [-0.05, 0) is 32.1 Å². The molecular weight excluding hydrogens is 250 g/mol. The van der Waals surface area contributed by atoms with Gasteiger partial charge in [0, 0.05) is 36.6 Å². The van der Waals surface area contributed by atoms with E-state index < -0.39 is 0 Å². The lowest BCUT2D eigenvalue weighted by molar-refractivity contribution is -0.131. The predicted octanol–water partition coefficient (Wildman–Crippen LogP) is 3.13. The first-order valence-corrected chi connectivity index (χ1v) is 8.54. The molecule has 2 saturated heterocycles. The highest BCUT2D eigenvalue weighted by Gasteiger charge is 2.59. The molecule has 1 N–H and O–H groups in total. The molecule has 3 fully saturated rings. The van der Waals surface area contributed by atoms with Gasteiger partial charge in [-0.1, -0.05) is 27.7 Å². The Morgan fingerprint density at radius 1 is 1.10 bits per heavy atom. The molecule has 3 rings (SSSR count). The van der Waals surface area contributed by atoms with Gasteiger partial charge in [-0.25, -0.2) is 0 Å². The smallest absolute Gasteiger partial charge is 0.0692 e. The first-order chi connectivity index (χ1) is 9.52. The van der Waals surface area contributed by atoms with Crippen LogP contribution >= 0.6 is 0 Å². The molecule has 0 aromatic rings. The second-order valence-electron chi connectivity index (χ2n) is 7.64. The van der Waals surface area contributed by atoms with Crippen molar-refractivity contribution in [2.45, 2.75) is 83.6 Å². The van der Waals surface area contributed by atoms with E-state index in [0.29, 0.717) is 23.6 Å². The summed E-state index contributed by atoms with van der Waals surface area (Å²) in [6, 6.07) is 1.25. The Morgan fingerprint density at radius 3 is 2.55 bits per heavy atom. The van der Waals surface area contributed by atoms with Gasteiger partial charge in [-0.2, -0.15) is 0 Å². The average Bonchev–Trinajstić information content (AvgIpc) is 2.92. The lowest BCUT2D eigenvalue weighted by Crippen LogP contribution is -2.68. The third-order valence-electron chi connectivity index (χ3n) is 6.30. The number of nitrogens with one attached hydrogen (secondary N) is 1. The molecule has 3 nitrogen and oxygen atoms in total. The summed E-state index contributed by atoms with van der Waals surface area (Å²) in [5.74, 6) is 0.741. The Labute approximate surface area is 123 Å². The standard InChI is InChI=1S/C17H31NO2/c1-5-17(6-2)11-12(7-10-20-17)18-14-13-8-9-19-15(13)16(14,3)4/h12-15,18H,5-11H2,1-4H3. The molecule has 3 aliphatic rings. The Hall–Kier alpha value is -0.120. The van der Waals surface area contributed by atoms with Crippen LogP contribution in [-0.2, 0) is 9.47 Å². The van der Waals surface area contributed by atoms with Gasteiger partial charge in [0.1, 0.15) is 0 Å². The topological polar surface area (TPSA) is 30.5 Å². The zero-order valence-electron chi connectivity index (χ0n) is 13.6. The van der Waals surface area contributed by atoms with Crippen LogP contribution in [0.1, 0.15) is 59.8 Å². The maximum absolute atomic E-state index is 6.10. The van der Waals surface area contributed by atoms with E-state index in [1.807, 2.05) is 0 Å². The highest BCUT2D eigenvalue weighted by Crippen LogP contribution is 2.52. The van der Waals surface area contributed by atoms with Crippen molar-refractivity contribution in [1.82, 2.24) is 5.32 Å². The van der Waals surface area contributed by atoms with Gasteiger partial charge in [-0.3, -0.25) is 0 Å². The average molecular weight is 281 g/mol. The van der Waals surface area contributed by atoms with E-state index in [4.69, 9.17) is 9.47 Å². The van der Waals surface area contributed by atoms with Crippen LogP contribution in [0.3, 0.4) is 0 Å². The van der Waals surface area contributed by atoms with E-state index in [2.05, 4.69) is 33.0 Å². The summed E-state index contributed by atoms with van der Waals surface area (Å²) >= 11 is 0. The van der Waals surface area contributed by atoms with Crippen molar-refractivity contribution in [2.24, 2.45) is 11.3 Å². The molecule has 20 heavy (non-hydrogen) atoms. The lowest BCUT2D eigenvalue weighted by atomic mass is 9.57. The molecule has 1 aliphatic carbocycles. The molecule has 116 valence electrons. The van der Waals surface area contributed by atoms with E-state index in [0.717, 1.165) is 38.4 Å². The Morgan fingerprint density at radius 2 is 1.85 bits per heavy atom. The largest absolute Gasteiger partial charge is 0.377 e. The van der Waals surface area contributed by atoms with Crippen molar-refractivity contribution < 1.29 is 9.47 Å². The molecule has 0 bridgehead atoms. The second-order valence-corrected chi connectivity index (χ2v) is 7.64. The second kappa shape index (κ2) is 5.26. The van der Waals surface area contributed by atoms with Gasteiger partial charge in [0.05, 0.1) is 11.7 Å². The Kier molecular flexibility index (Phi) is 3.89. The van der Waals surface area contributed by atoms with Gasteiger partial charge in [0.2, 0.25) is 0 Å². The molecule has 4 unspecified atom stereocenters. The molecule has 3 heteroatoms. The van der Waals surface area contributed by atoms with Crippen LogP contribution in [0.4, 0.5) is 0 Å². The number of hydrogen-bond acceptors (Lipinski definition) is 3. The van der Waals surface area contributed by atoms with Crippen molar-refractivity contribution in [3.63, 3.8) is 0 Å². The summed E-state index contributed by atoms with van der Waals surface area (Å²) in [4.78, 5) is 0. The molecular formula is C17H31NO2. The maximum atomic E-state index is 6.10. The van der Waals surface area contributed by atoms with Crippen molar-refractivity contribution in [1.29, 1.82) is 0 Å². The Bertz CT molecular complexity index is 351. The molecule has 0 amide bonds. The van der Waals surface area contributed by atoms with Crippen LogP contribution in [-0.4, -0.2) is 37.0 Å². The molecule has 0 radical (unpaired) electrons. The first-order valence-electron chi connectivity index (χ1n) is 8.54. The SMILES string of the molecule is CCC1(CC)CC(NC2C3CCOC3C2(C)C)CCO1. The molecule has 2 aliphatic heterocycles. The summed E-state index contributed by atoms with van der Waals surface area (Å²) in [6.07, 6.45) is 6.32. The minimum absolute atomic E-state index is 0.120. The van der Waals surface area contributed by atoms with E-state index in [1.165, 1.54) is 12.8 Å². The highest BCUT2D eigenvalue weighted by molar-refractivity contribution is 5.12. The maximum Gasteiger partial charge on any atom is 0.0692 e. The summed E-state index contributed by atoms with van der Waals surface area (Å²) in [5.41, 5.74) is 0.413. The van der Waals surface area contributed by atoms with Gasteiger partial charge >= 0.3 is 0 Å². The van der Waals surface area contributed by atoms with Crippen LogP contribution < -0.4 is 5.32 Å². The monoisotopic (exact) mass is 281 g/mol. The normalized spacial score (nSPS) is 42.0. The third-order valence-corrected chi connectivity index (χ3v) is 6.30. The van der Waals surface area contributed by atoms with Crippen molar-refractivity contribution >= 4 is 0 Å². The summed E-state index contributed by atoms with van der Waals surface area (Å²) in [6.45, 7) is 11.1. The zero-order chi connectivity index (χ0) is 14.4. The van der Waals surface area contributed by atoms with Crippen molar-refractivity contribution in [3.05, 3.63) is 0 Å². The summed E-state index contributed by atoms with van der Waals surface area (Å²) in [5, 5.41) is 3.98. The van der Waals surface area contributed by atoms with Gasteiger partial charge < -0.3 is 14.8 Å². The minimum atomic E-state index is 0.120. The fourth-order valence-electron chi connectivity index (χ4n) is 4.83. The van der Waals surface area contributed by atoms with E-state index in [9.17, 15) is 0 Å². The van der Waals surface area contributed by atoms with Crippen molar-refractivity contribution in [2.75, 3.05) is 13.2 Å². The molecule has 0 aromatic heterocycles. The minimum Gasteiger partial charge on any atom is -0.377 e. The van der Waals surface area contributed by atoms with Gasteiger partial charge in [-0.15, -0.1) is 0 Å². The molecule has 0 spiro atoms. The van der Waals surface area contributed by atoms with Crippen LogP contribution in [0.15, 0.2) is 0 Å². The number of ether oxygens (including phenoxy) is 2. The lowest BCUT2D eigenvalue weighted by Gasteiger charge is -2.56. The molecule has 2 heterocycles. The fraction of sp³-hybridized carbons (Fsp3) is 1.00. The van der Waals surface area contributed by atoms with E-state index in [-0.39, 0.29) is 5.60 Å². The third kappa shape index (κ3) is 2.22. The quantitative estimate of drug-likeness (QED) is 0.859. The van der Waals surface area contributed by atoms with Crippen LogP contribution in [0.5, 0.6) is 0 Å². The Balaban J connectivity index is 1.63. The first kappa shape index (κ1) is 14.8. The number of hydrogen-bond donors (Lipinski definition) is 1. The number of rotatable bonds is 4. The predicted molar refractivity (Wildman–Crippen MR) is 80.8 cm³/mol. The van der Waals surface area contributed by atoms with Gasteiger partial charge in [0.25, 0.3) is 0 Å². The fourth-order valence-corrected chi connectivity index (χ4v) is 4.83. The molecule has 0 aromatic carbocycles. The summed E-state index contributed by atoms with van der Waals surface area (Å²) < 4.78 is 12.0. The van der Waals surface area contributed by atoms with Crippen LogP contribution in [0, 0.1) is 11.3 Å². The molecule has 4 atom stereocenters. The summed E-state index contributed by atoms with van der Waals surface area (Å²) in [7, 11) is 0. The van der Waals surface area contributed by atoms with Crippen LogP contribution in [0.25, 0.3) is 0 Å². The van der Waals surface area contributed by atoms with Crippen molar-refractivity contribution in [3.8, 4) is 0 Å². The van der Waals surface area contributed by atoms with Crippen LogP contribution in [0.2, 0.25) is 0 Å². The van der Waals surface area contributed by atoms with E-state index in [1.54, 1.807) is 0 Å².